The van der Waals surface area contributed by atoms with Gasteiger partial charge < -0.3 is 14.6 Å². The molecule has 0 aromatic heterocycles. The predicted molar refractivity (Wildman–Crippen MR) is 51.8 cm³/mol. The van der Waals surface area contributed by atoms with E-state index in [2.05, 4.69) is 25.4 Å². The second kappa shape index (κ2) is 5.98. The first-order valence-electron chi connectivity index (χ1n) is 4.18. The normalized spacial score (nSPS) is 14.3. The largest absolute Gasteiger partial charge is 0.466 e. The summed E-state index contributed by atoms with van der Waals surface area (Å²) >= 11 is 2.70. The van der Waals surface area contributed by atoms with Gasteiger partial charge in [0.2, 0.25) is 4.51 Å². The fraction of sp³-hybridized carbons (Fsp3) is 0.750. The van der Waals surface area contributed by atoms with Crippen molar-refractivity contribution in [3.8, 4) is 0 Å². The molecule has 0 fully saturated rings. The maximum atomic E-state index is 11.1. The Morgan fingerprint density at radius 1 is 1.29 bits per heavy atom. The lowest BCUT2D eigenvalue weighted by Gasteiger charge is -2.17. The maximum absolute atomic E-state index is 11.1. The van der Waals surface area contributed by atoms with Crippen molar-refractivity contribution in [1.82, 2.24) is 0 Å². The van der Waals surface area contributed by atoms with Crippen LogP contribution in [0.1, 0.15) is 20.3 Å². The average Bonchev–Trinajstić information content (AvgIpc) is 2.03. The van der Waals surface area contributed by atoms with Gasteiger partial charge in [-0.25, -0.2) is 4.79 Å². The topological polar surface area (TPSA) is 72.8 Å². The number of ether oxygens (including phenoxy) is 2. The fourth-order valence-corrected chi connectivity index (χ4v) is 1.06. The molecule has 6 heteroatoms. The third kappa shape index (κ3) is 4.57. The zero-order valence-electron chi connectivity index (χ0n) is 8.08. The zero-order chi connectivity index (χ0) is 11.2. The standard InChI is InChI=1S/C8H13BrO5/c1-3-13-6(10)5-8(9,12)7(11)14-4-2/h12H,3-5H2,1-2H3. The molecule has 1 atom stereocenters. The summed E-state index contributed by atoms with van der Waals surface area (Å²) < 4.78 is 7.12. The van der Waals surface area contributed by atoms with Crippen molar-refractivity contribution in [2.45, 2.75) is 24.8 Å². The highest BCUT2D eigenvalue weighted by Crippen LogP contribution is 2.21. The van der Waals surface area contributed by atoms with Crippen molar-refractivity contribution in [3.05, 3.63) is 0 Å². The summed E-state index contributed by atoms with van der Waals surface area (Å²) in [5.74, 6) is -1.56. The van der Waals surface area contributed by atoms with Crippen molar-refractivity contribution in [3.63, 3.8) is 0 Å². The van der Waals surface area contributed by atoms with E-state index >= 15 is 0 Å². The van der Waals surface area contributed by atoms with E-state index in [1.54, 1.807) is 13.8 Å². The average molecular weight is 269 g/mol. The van der Waals surface area contributed by atoms with E-state index in [0.29, 0.717) is 0 Å². The van der Waals surface area contributed by atoms with E-state index in [-0.39, 0.29) is 13.2 Å². The second-order valence-corrected chi connectivity index (χ2v) is 3.77. The van der Waals surface area contributed by atoms with Crippen LogP contribution in [0.4, 0.5) is 0 Å². The van der Waals surface area contributed by atoms with Crippen LogP contribution in [-0.4, -0.2) is 34.8 Å². The monoisotopic (exact) mass is 268 g/mol. The van der Waals surface area contributed by atoms with E-state index in [9.17, 15) is 14.7 Å². The van der Waals surface area contributed by atoms with Gasteiger partial charge in [0.05, 0.1) is 19.6 Å². The van der Waals surface area contributed by atoms with E-state index in [1.165, 1.54) is 0 Å². The van der Waals surface area contributed by atoms with Crippen molar-refractivity contribution in [2.75, 3.05) is 13.2 Å². The van der Waals surface area contributed by atoms with Crippen LogP contribution in [0.25, 0.3) is 0 Å². The predicted octanol–water partition coefficient (Wildman–Crippen LogP) is 0.586. The Bertz CT molecular complexity index is 214. The molecule has 0 amide bonds. The van der Waals surface area contributed by atoms with Crippen LogP contribution in [0.3, 0.4) is 0 Å². The molecular weight excluding hydrogens is 256 g/mol. The molecule has 0 heterocycles. The minimum atomic E-state index is -1.99. The van der Waals surface area contributed by atoms with Crippen LogP contribution >= 0.6 is 15.9 Å². The summed E-state index contributed by atoms with van der Waals surface area (Å²) in [5, 5.41) is 9.45. The highest BCUT2D eigenvalue weighted by Gasteiger charge is 2.37. The van der Waals surface area contributed by atoms with E-state index in [0.717, 1.165) is 0 Å². The molecule has 82 valence electrons. The number of hydrogen-bond donors (Lipinski definition) is 1. The van der Waals surface area contributed by atoms with E-state index in [1.807, 2.05) is 0 Å². The third-order valence-electron chi connectivity index (χ3n) is 1.27. The molecular formula is C8H13BrO5. The van der Waals surface area contributed by atoms with Gasteiger partial charge in [-0.15, -0.1) is 0 Å². The molecule has 0 aliphatic carbocycles. The Morgan fingerprint density at radius 2 is 1.79 bits per heavy atom. The van der Waals surface area contributed by atoms with Crippen LogP contribution in [-0.2, 0) is 19.1 Å². The van der Waals surface area contributed by atoms with Crippen molar-refractivity contribution in [1.29, 1.82) is 0 Å². The number of carbonyl (C=O) groups is 2. The first kappa shape index (κ1) is 13.4. The minimum Gasteiger partial charge on any atom is -0.466 e. The lowest BCUT2D eigenvalue weighted by Crippen LogP contribution is -2.36. The number of rotatable bonds is 5. The SMILES string of the molecule is CCOC(=O)CC(O)(Br)C(=O)OCC. The highest BCUT2D eigenvalue weighted by molar-refractivity contribution is 9.10. The minimum absolute atomic E-state index is 0.134. The first-order valence-corrected chi connectivity index (χ1v) is 4.97. The zero-order valence-corrected chi connectivity index (χ0v) is 9.67. The van der Waals surface area contributed by atoms with Gasteiger partial charge >= 0.3 is 11.9 Å². The number of esters is 2. The van der Waals surface area contributed by atoms with Gasteiger partial charge in [-0.3, -0.25) is 4.79 Å². The summed E-state index contributed by atoms with van der Waals surface area (Å²) in [6, 6.07) is 0. The molecule has 0 saturated heterocycles. The lowest BCUT2D eigenvalue weighted by molar-refractivity contribution is -0.161. The van der Waals surface area contributed by atoms with Crippen LogP contribution in [0.15, 0.2) is 0 Å². The summed E-state index contributed by atoms with van der Waals surface area (Å²) in [4.78, 5) is 22.0. The Labute approximate surface area is 90.5 Å². The van der Waals surface area contributed by atoms with Crippen LogP contribution in [0, 0.1) is 0 Å². The molecule has 14 heavy (non-hydrogen) atoms. The van der Waals surface area contributed by atoms with Gasteiger partial charge in [0, 0.05) is 0 Å². The van der Waals surface area contributed by atoms with Gasteiger partial charge in [-0.2, -0.15) is 0 Å². The van der Waals surface area contributed by atoms with Gasteiger partial charge in [-0.05, 0) is 29.8 Å². The molecule has 0 aliphatic heterocycles. The molecule has 5 nitrogen and oxygen atoms in total. The maximum Gasteiger partial charge on any atom is 0.350 e. The molecule has 0 aliphatic rings. The Balaban J connectivity index is 4.18. The molecule has 0 bridgehead atoms. The highest BCUT2D eigenvalue weighted by atomic mass is 79.9. The number of alkyl halides is 1. The molecule has 0 rings (SSSR count). The molecule has 0 aromatic rings. The third-order valence-corrected chi connectivity index (χ3v) is 1.88. The number of carbonyl (C=O) groups excluding carboxylic acids is 2. The summed E-state index contributed by atoms with van der Waals surface area (Å²) in [7, 11) is 0. The van der Waals surface area contributed by atoms with Gasteiger partial charge in [0.25, 0.3) is 0 Å². The quantitative estimate of drug-likeness (QED) is 0.584. The van der Waals surface area contributed by atoms with Crippen LogP contribution in [0.2, 0.25) is 0 Å². The molecule has 0 saturated carbocycles. The Kier molecular flexibility index (Phi) is 5.71. The van der Waals surface area contributed by atoms with Crippen LogP contribution in [0.5, 0.6) is 0 Å². The summed E-state index contributed by atoms with van der Waals surface area (Å²) in [6.45, 7) is 3.57. The molecule has 0 spiro atoms. The molecule has 1 unspecified atom stereocenters. The lowest BCUT2D eigenvalue weighted by atomic mass is 10.2. The smallest absolute Gasteiger partial charge is 0.350 e. The molecule has 0 radical (unpaired) electrons. The number of hydrogen-bond acceptors (Lipinski definition) is 5. The number of aliphatic hydroxyl groups is 1. The Hall–Kier alpha value is -0.620. The molecule has 0 aromatic carbocycles. The van der Waals surface area contributed by atoms with E-state index < -0.39 is 22.9 Å². The van der Waals surface area contributed by atoms with Gasteiger partial charge in [-0.1, -0.05) is 0 Å². The van der Waals surface area contributed by atoms with Gasteiger partial charge in [0.1, 0.15) is 0 Å². The first-order chi connectivity index (χ1) is 6.44. The van der Waals surface area contributed by atoms with Crippen molar-refractivity contribution < 1.29 is 24.2 Å². The fourth-order valence-electron chi connectivity index (χ4n) is 0.717. The molecule has 1 N–H and O–H groups in total. The summed E-state index contributed by atoms with van der Waals surface area (Å²) in [5.41, 5.74) is 0. The van der Waals surface area contributed by atoms with Gasteiger partial charge in [0.15, 0.2) is 0 Å². The van der Waals surface area contributed by atoms with Crippen molar-refractivity contribution in [2.24, 2.45) is 0 Å². The number of halogens is 1. The van der Waals surface area contributed by atoms with Crippen molar-refractivity contribution >= 4 is 27.9 Å². The van der Waals surface area contributed by atoms with E-state index in [4.69, 9.17) is 0 Å². The van der Waals surface area contributed by atoms with Crippen LogP contribution < -0.4 is 0 Å². The Morgan fingerprint density at radius 3 is 2.21 bits per heavy atom. The second-order valence-electron chi connectivity index (χ2n) is 2.46. The summed E-state index contributed by atoms with van der Waals surface area (Å²) in [6.07, 6.45) is -0.473.